The molecule has 0 aliphatic carbocycles. The largest absolute Gasteiger partial charge is 0.355 e. The Hall–Kier alpha value is -2.27. The van der Waals surface area contributed by atoms with Gasteiger partial charge in [0.25, 0.3) is 0 Å². The summed E-state index contributed by atoms with van der Waals surface area (Å²) in [6.45, 7) is 0. The van der Waals surface area contributed by atoms with Gasteiger partial charge in [0, 0.05) is 12.7 Å². The van der Waals surface area contributed by atoms with Crippen LogP contribution in [0.2, 0.25) is 0 Å². The second kappa shape index (κ2) is 4.78. The summed E-state index contributed by atoms with van der Waals surface area (Å²) in [6, 6.07) is 13.8. The molecule has 0 saturated heterocycles. The standard InChI is InChI=1S/C14H12FN3O/c1-19-14(10-6-8-11(15)9-7-10)18-13-5-3-2-4-12(13)16-17-18/h2-9,14H,1H3. The Morgan fingerprint density at radius 2 is 1.84 bits per heavy atom. The lowest BCUT2D eigenvalue weighted by Gasteiger charge is -2.16. The van der Waals surface area contributed by atoms with Crippen LogP contribution in [0, 0.1) is 5.82 Å². The number of ether oxygens (including phenoxy) is 1. The highest BCUT2D eigenvalue weighted by Crippen LogP contribution is 2.22. The van der Waals surface area contributed by atoms with Gasteiger partial charge in [0.1, 0.15) is 11.3 Å². The van der Waals surface area contributed by atoms with E-state index in [-0.39, 0.29) is 5.82 Å². The van der Waals surface area contributed by atoms with Crippen molar-refractivity contribution < 1.29 is 9.13 Å². The highest BCUT2D eigenvalue weighted by molar-refractivity contribution is 5.74. The van der Waals surface area contributed by atoms with Crippen molar-refractivity contribution in [2.45, 2.75) is 6.23 Å². The molecular formula is C14H12FN3O. The van der Waals surface area contributed by atoms with Gasteiger partial charge >= 0.3 is 0 Å². The van der Waals surface area contributed by atoms with E-state index in [1.54, 1.807) is 23.9 Å². The zero-order valence-corrected chi connectivity index (χ0v) is 10.3. The van der Waals surface area contributed by atoms with Gasteiger partial charge in [-0.25, -0.2) is 9.07 Å². The Morgan fingerprint density at radius 3 is 2.58 bits per heavy atom. The Morgan fingerprint density at radius 1 is 1.11 bits per heavy atom. The summed E-state index contributed by atoms with van der Waals surface area (Å²) in [5, 5.41) is 8.20. The third-order valence-corrected chi connectivity index (χ3v) is 2.98. The highest BCUT2D eigenvalue weighted by atomic mass is 19.1. The van der Waals surface area contributed by atoms with Gasteiger partial charge in [-0.05, 0) is 24.3 Å². The number of benzene rings is 2. The fraction of sp³-hybridized carbons (Fsp3) is 0.143. The molecule has 0 saturated carbocycles. The molecule has 1 heterocycles. The number of hydrogen-bond donors (Lipinski definition) is 0. The van der Waals surface area contributed by atoms with Crippen molar-refractivity contribution in [1.82, 2.24) is 15.0 Å². The molecule has 4 nitrogen and oxygen atoms in total. The molecule has 0 spiro atoms. The molecular weight excluding hydrogens is 245 g/mol. The summed E-state index contributed by atoms with van der Waals surface area (Å²) in [5.41, 5.74) is 2.49. The third kappa shape index (κ3) is 2.08. The Labute approximate surface area is 109 Å². The summed E-state index contributed by atoms with van der Waals surface area (Å²) < 4.78 is 20.1. The van der Waals surface area contributed by atoms with Gasteiger partial charge in [0.15, 0.2) is 6.23 Å². The number of halogens is 1. The van der Waals surface area contributed by atoms with E-state index in [4.69, 9.17) is 4.74 Å². The second-order valence-corrected chi connectivity index (χ2v) is 4.16. The molecule has 0 N–H and O–H groups in total. The van der Waals surface area contributed by atoms with Crippen LogP contribution in [-0.4, -0.2) is 22.1 Å². The number of aromatic nitrogens is 3. The fourth-order valence-electron chi connectivity index (χ4n) is 2.06. The van der Waals surface area contributed by atoms with Crippen LogP contribution in [-0.2, 0) is 4.74 Å². The van der Waals surface area contributed by atoms with Crippen molar-refractivity contribution in [3.8, 4) is 0 Å². The Balaban J connectivity index is 2.09. The lowest BCUT2D eigenvalue weighted by Crippen LogP contribution is -2.14. The predicted octanol–water partition coefficient (Wildman–Crippen LogP) is 2.76. The molecule has 0 fully saturated rings. The summed E-state index contributed by atoms with van der Waals surface area (Å²) >= 11 is 0. The van der Waals surface area contributed by atoms with Crippen LogP contribution >= 0.6 is 0 Å². The van der Waals surface area contributed by atoms with Crippen LogP contribution in [0.1, 0.15) is 11.8 Å². The van der Waals surface area contributed by atoms with Crippen molar-refractivity contribution in [3.05, 3.63) is 59.9 Å². The zero-order valence-electron chi connectivity index (χ0n) is 10.3. The average molecular weight is 257 g/mol. The molecule has 3 rings (SSSR count). The number of methoxy groups -OCH3 is 1. The van der Waals surface area contributed by atoms with Crippen LogP contribution in [0.5, 0.6) is 0 Å². The lowest BCUT2D eigenvalue weighted by atomic mass is 10.2. The van der Waals surface area contributed by atoms with E-state index in [1.807, 2.05) is 24.3 Å². The van der Waals surface area contributed by atoms with Gasteiger partial charge in [-0.15, -0.1) is 5.10 Å². The Kier molecular flexibility index (Phi) is 2.97. The first-order valence-corrected chi connectivity index (χ1v) is 5.88. The summed E-state index contributed by atoms with van der Waals surface area (Å²) in [5.74, 6) is -0.276. The molecule has 3 aromatic rings. The van der Waals surface area contributed by atoms with E-state index in [1.165, 1.54) is 12.1 Å². The minimum Gasteiger partial charge on any atom is -0.355 e. The van der Waals surface area contributed by atoms with Crippen LogP contribution < -0.4 is 0 Å². The van der Waals surface area contributed by atoms with Crippen molar-refractivity contribution in [3.63, 3.8) is 0 Å². The van der Waals surface area contributed by atoms with Gasteiger partial charge in [0.05, 0.1) is 5.52 Å². The summed E-state index contributed by atoms with van der Waals surface area (Å²) in [7, 11) is 1.59. The number of nitrogens with zero attached hydrogens (tertiary/aromatic N) is 3. The molecule has 2 aromatic carbocycles. The molecule has 96 valence electrons. The first-order valence-electron chi connectivity index (χ1n) is 5.88. The smallest absolute Gasteiger partial charge is 0.178 e. The minimum absolute atomic E-state index is 0.276. The maximum absolute atomic E-state index is 13.0. The molecule has 1 atom stereocenters. The van der Waals surface area contributed by atoms with E-state index in [9.17, 15) is 4.39 Å². The van der Waals surface area contributed by atoms with Crippen LogP contribution in [0.15, 0.2) is 48.5 Å². The quantitative estimate of drug-likeness (QED) is 0.724. The number of hydrogen-bond acceptors (Lipinski definition) is 3. The number of para-hydroxylation sites is 1. The topological polar surface area (TPSA) is 39.9 Å². The predicted molar refractivity (Wildman–Crippen MR) is 69.1 cm³/mol. The normalized spacial score (nSPS) is 12.7. The van der Waals surface area contributed by atoms with Crippen molar-refractivity contribution in [2.24, 2.45) is 0 Å². The van der Waals surface area contributed by atoms with E-state index < -0.39 is 6.23 Å². The van der Waals surface area contributed by atoms with E-state index in [2.05, 4.69) is 10.3 Å². The molecule has 0 amide bonds. The molecule has 19 heavy (non-hydrogen) atoms. The Bertz CT molecular complexity index is 693. The summed E-state index contributed by atoms with van der Waals surface area (Å²) in [4.78, 5) is 0. The first kappa shape index (κ1) is 11.8. The van der Waals surface area contributed by atoms with Gasteiger partial charge in [-0.2, -0.15) is 0 Å². The SMILES string of the molecule is COC(c1ccc(F)cc1)n1nnc2ccccc21. The zero-order chi connectivity index (χ0) is 13.2. The summed E-state index contributed by atoms with van der Waals surface area (Å²) in [6.07, 6.45) is -0.423. The monoisotopic (exact) mass is 257 g/mol. The molecule has 0 aliphatic heterocycles. The van der Waals surface area contributed by atoms with E-state index >= 15 is 0 Å². The average Bonchev–Trinajstić information content (AvgIpc) is 2.86. The molecule has 5 heteroatoms. The van der Waals surface area contributed by atoms with Gasteiger partial charge in [0.2, 0.25) is 0 Å². The maximum Gasteiger partial charge on any atom is 0.178 e. The van der Waals surface area contributed by atoms with Crippen molar-refractivity contribution >= 4 is 11.0 Å². The molecule has 0 bridgehead atoms. The maximum atomic E-state index is 13.0. The van der Waals surface area contributed by atoms with Crippen LogP contribution in [0.25, 0.3) is 11.0 Å². The van der Waals surface area contributed by atoms with Crippen molar-refractivity contribution in [1.29, 1.82) is 0 Å². The molecule has 0 aliphatic rings. The minimum atomic E-state index is -0.423. The highest BCUT2D eigenvalue weighted by Gasteiger charge is 2.16. The third-order valence-electron chi connectivity index (χ3n) is 2.98. The molecule has 1 aromatic heterocycles. The van der Waals surface area contributed by atoms with Gasteiger partial charge in [-0.3, -0.25) is 0 Å². The molecule has 0 radical (unpaired) electrons. The van der Waals surface area contributed by atoms with Gasteiger partial charge < -0.3 is 4.74 Å². The number of rotatable bonds is 3. The van der Waals surface area contributed by atoms with Crippen LogP contribution in [0.3, 0.4) is 0 Å². The molecule has 1 unspecified atom stereocenters. The van der Waals surface area contributed by atoms with Crippen LogP contribution in [0.4, 0.5) is 4.39 Å². The van der Waals surface area contributed by atoms with Crippen molar-refractivity contribution in [2.75, 3.05) is 7.11 Å². The van der Waals surface area contributed by atoms with E-state index in [0.717, 1.165) is 16.6 Å². The van der Waals surface area contributed by atoms with E-state index in [0.29, 0.717) is 0 Å². The van der Waals surface area contributed by atoms with Gasteiger partial charge in [-0.1, -0.05) is 29.5 Å². The first-order chi connectivity index (χ1) is 9.29. The fourth-order valence-corrected chi connectivity index (χ4v) is 2.06. The number of fused-ring (bicyclic) bond motifs is 1. The lowest BCUT2D eigenvalue weighted by molar-refractivity contribution is 0.0701. The second-order valence-electron chi connectivity index (χ2n) is 4.16.